The summed E-state index contributed by atoms with van der Waals surface area (Å²) in [6.07, 6.45) is 0. The summed E-state index contributed by atoms with van der Waals surface area (Å²) >= 11 is 0. The first-order chi connectivity index (χ1) is 9.76. The van der Waals surface area contributed by atoms with Gasteiger partial charge in [-0.1, -0.05) is 12.1 Å². The molecule has 0 atom stereocenters. The van der Waals surface area contributed by atoms with Gasteiger partial charge in [0.1, 0.15) is 5.84 Å². The van der Waals surface area contributed by atoms with Gasteiger partial charge in [-0.3, -0.25) is 9.79 Å². The third-order valence-corrected chi connectivity index (χ3v) is 3.40. The van der Waals surface area contributed by atoms with Gasteiger partial charge in [0.2, 0.25) is 0 Å². The molecule has 0 fully saturated rings. The van der Waals surface area contributed by atoms with Gasteiger partial charge in [-0.2, -0.15) is 0 Å². The number of hydrogen-bond donors (Lipinski definition) is 2. The zero-order valence-electron chi connectivity index (χ0n) is 12.1. The van der Waals surface area contributed by atoms with Crippen LogP contribution in [-0.4, -0.2) is 49.4 Å². The molecule has 0 radical (unpaired) electrons. The van der Waals surface area contributed by atoms with Gasteiger partial charge in [0.15, 0.2) is 0 Å². The van der Waals surface area contributed by atoms with Crippen LogP contribution in [0.5, 0.6) is 0 Å². The lowest BCUT2D eigenvalue weighted by Crippen LogP contribution is -2.32. The van der Waals surface area contributed by atoms with Crippen molar-refractivity contribution < 1.29 is 4.79 Å². The number of nitrogens with zero attached hydrogens (tertiary/aromatic N) is 2. The molecule has 20 heavy (non-hydrogen) atoms. The molecule has 0 aliphatic carbocycles. The minimum absolute atomic E-state index is 0.0689. The summed E-state index contributed by atoms with van der Waals surface area (Å²) in [5.74, 6) is 1.02. The van der Waals surface area contributed by atoms with E-state index in [-0.39, 0.29) is 5.91 Å². The van der Waals surface area contributed by atoms with Crippen LogP contribution in [0.4, 0.5) is 5.69 Å². The number of hydrogen-bond acceptors (Lipinski definition) is 4. The predicted molar refractivity (Wildman–Crippen MR) is 82.5 cm³/mol. The first-order valence-corrected chi connectivity index (χ1v) is 7.15. The van der Waals surface area contributed by atoms with Crippen molar-refractivity contribution in [2.24, 2.45) is 4.99 Å². The molecular weight excluding hydrogens is 252 g/mol. The van der Waals surface area contributed by atoms with E-state index in [4.69, 9.17) is 0 Å². The predicted octanol–water partition coefficient (Wildman–Crippen LogP) is 1.58. The Morgan fingerprint density at radius 1 is 1.35 bits per heavy atom. The van der Waals surface area contributed by atoms with Crippen LogP contribution in [-0.2, 0) is 0 Å². The van der Waals surface area contributed by atoms with Crippen LogP contribution in [0.1, 0.15) is 24.2 Å². The van der Waals surface area contributed by atoms with E-state index in [0.29, 0.717) is 6.54 Å². The SMILES string of the molecule is CCN(CC)C(=O)c1ccccc1NCC1=NCCN1. The minimum atomic E-state index is 0.0689. The van der Waals surface area contributed by atoms with Gasteiger partial charge in [-0.05, 0) is 26.0 Å². The topological polar surface area (TPSA) is 56.7 Å². The van der Waals surface area contributed by atoms with Gasteiger partial charge in [0.25, 0.3) is 5.91 Å². The second-order valence-corrected chi connectivity index (χ2v) is 4.63. The van der Waals surface area contributed by atoms with Crippen LogP contribution in [0.15, 0.2) is 29.3 Å². The molecule has 5 heteroatoms. The molecule has 0 bridgehead atoms. The highest BCUT2D eigenvalue weighted by molar-refractivity contribution is 6.00. The van der Waals surface area contributed by atoms with Gasteiger partial charge in [-0.25, -0.2) is 0 Å². The Balaban J connectivity index is 2.10. The minimum Gasteiger partial charge on any atom is -0.377 e. The van der Waals surface area contributed by atoms with Crippen LogP contribution < -0.4 is 10.6 Å². The van der Waals surface area contributed by atoms with Crippen LogP contribution >= 0.6 is 0 Å². The van der Waals surface area contributed by atoms with Crippen LogP contribution in [0.25, 0.3) is 0 Å². The third-order valence-electron chi connectivity index (χ3n) is 3.40. The van der Waals surface area contributed by atoms with E-state index in [1.165, 1.54) is 0 Å². The summed E-state index contributed by atoms with van der Waals surface area (Å²) in [6.45, 7) is 7.79. The van der Waals surface area contributed by atoms with Crippen LogP contribution in [0, 0.1) is 0 Å². The van der Waals surface area contributed by atoms with Gasteiger partial charge in [0.05, 0.1) is 18.7 Å². The van der Waals surface area contributed by atoms with Crippen molar-refractivity contribution in [3.63, 3.8) is 0 Å². The highest BCUT2D eigenvalue weighted by Gasteiger charge is 2.16. The Bertz CT molecular complexity index is 494. The van der Waals surface area contributed by atoms with E-state index in [0.717, 1.165) is 43.3 Å². The number of amides is 1. The van der Waals surface area contributed by atoms with E-state index in [1.807, 2.05) is 43.0 Å². The molecule has 108 valence electrons. The maximum absolute atomic E-state index is 12.5. The molecule has 5 nitrogen and oxygen atoms in total. The molecule has 1 amide bonds. The summed E-state index contributed by atoms with van der Waals surface area (Å²) in [5, 5.41) is 6.51. The van der Waals surface area contributed by atoms with E-state index in [1.54, 1.807) is 0 Å². The molecule has 1 heterocycles. The zero-order chi connectivity index (χ0) is 14.4. The number of carbonyl (C=O) groups excluding carboxylic acids is 1. The monoisotopic (exact) mass is 274 g/mol. The smallest absolute Gasteiger partial charge is 0.255 e. The standard InChI is InChI=1S/C15H22N4O/c1-3-19(4-2)15(20)12-7-5-6-8-13(12)18-11-14-16-9-10-17-14/h5-8,18H,3-4,9-11H2,1-2H3,(H,16,17). The molecule has 1 aliphatic rings. The molecule has 1 aromatic carbocycles. The van der Waals surface area contributed by atoms with Crippen LogP contribution in [0.2, 0.25) is 0 Å². The largest absolute Gasteiger partial charge is 0.377 e. The van der Waals surface area contributed by atoms with E-state index < -0.39 is 0 Å². The van der Waals surface area contributed by atoms with Crippen molar-refractivity contribution in [2.45, 2.75) is 13.8 Å². The summed E-state index contributed by atoms with van der Waals surface area (Å²) in [4.78, 5) is 18.6. The average Bonchev–Trinajstić information content (AvgIpc) is 3.00. The molecule has 0 aromatic heterocycles. The second kappa shape index (κ2) is 6.93. The molecule has 0 unspecified atom stereocenters. The van der Waals surface area contributed by atoms with Crippen molar-refractivity contribution in [2.75, 3.05) is 38.0 Å². The summed E-state index contributed by atoms with van der Waals surface area (Å²) < 4.78 is 0. The maximum atomic E-state index is 12.5. The van der Waals surface area contributed by atoms with E-state index in [9.17, 15) is 4.79 Å². The van der Waals surface area contributed by atoms with E-state index in [2.05, 4.69) is 15.6 Å². The molecule has 1 aromatic rings. The molecule has 0 saturated carbocycles. The average molecular weight is 274 g/mol. The molecule has 0 saturated heterocycles. The molecule has 0 spiro atoms. The molecule has 2 N–H and O–H groups in total. The highest BCUT2D eigenvalue weighted by atomic mass is 16.2. The van der Waals surface area contributed by atoms with Crippen LogP contribution in [0.3, 0.4) is 0 Å². The number of amidine groups is 1. The normalized spacial score (nSPS) is 13.6. The Kier molecular flexibility index (Phi) is 4.98. The highest BCUT2D eigenvalue weighted by Crippen LogP contribution is 2.17. The fourth-order valence-electron chi connectivity index (χ4n) is 2.25. The van der Waals surface area contributed by atoms with Gasteiger partial charge in [-0.15, -0.1) is 0 Å². The molecular formula is C15H22N4O. The Morgan fingerprint density at radius 3 is 2.75 bits per heavy atom. The number of para-hydroxylation sites is 1. The quantitative estimate of drug-likeness (QED) is 0.828. The van der Waals surface area contributed by atoms with Gasteiger partial charge >= 0.3 is 0 Å². The summed E-state index contributed by atoms with van der Waals surface area (Å²) in [6, 6.07) is 7.64. The lowest BCUT2D eigenvalue weighted by molar-refractivity contribution is 0.0774. The summed E-state index contributed by atoms with van der Waals surface area (Å²) in [5.41, 5.74) is 1.58. The Hall–Kier alpha value is -2.04. The van der Waals surface area contributed by atoms with Gasteiger partial charge in [0, 0.05) is 25.3 Å². The fraction of sp³-hybridized carbons (Fsp3) is 0.467. The van der Waals surface area contributed by atoms with Crippen molar-refractivity contribution in [3.8, 4) is 0 Å². The summed E-state index contributed by atoms with van der Waals surface area (Å²) in [7, 11) is 0. The molecule has 1 aliphatic heterocycles. The Morgan fingerprint density at radius 2 is 2.10 bits per heavy atom. The number of anilines is 1. The van der Waals surface area contributed by atoms with Crippen molar-refractivity contribution in [3.05, 3.63) is 29.8 Å². The van der Waals surface area contributed by atoms with E-state index >= 15 is 0 Å². The molecule has 2 rings (SSSR count). The first kappa shape index (κ1) is 14.4. The third kappa shape index (κ3) is 3.29. The van der Waals surface area contributed by atoms with Gasteiger partial charge < -0.3 is 15.5 Å². The number of carbonyl (C=O) groups is 1. The number of nitrogens with one attached hydrogen (secondary N) is 2. The van der Waals surface area contributed by atoms with Crippen molar-refractivity contribution in [1.29, 1.82) is 0 Å². The lowest BCUT2D eigenvalue weighted by Gasteiger charge is -2.20. The Labute approximate surface area is 120 Å². The number of benzene rings is 1. The first-order valence-electron chi connectivity index (χ1n) is 7.15. The zero-order valence-corrected chi connectivity index (χ0v) is 12.1. The number of rotatable bonds is 6. The maximum Gasteiger partial charge on any atom is 0.255 e. The fourth-order valence-corrected chi connectivity index (χ4v) is 2.25. The van der Waals surface area contributed by atoms with Crippen molar-refractivity contribution >= 4 is 17.4 Å². The van der Waals surface area contributed by atoms with Crippen molar-refractivity contribution in [1.82, 2.24) is 10.2 Å². The number of aliphatic imine (C=N–C) groups is 1. The lowest BCUT2D eigenvalue weighted by atomic mass is 10.1. The second-order valence-electron chi connectivity index (χ2n) is 4.63.